The molecule has 0 spiro atoms. The maximum atomic E-state index is 13.7. The third kappa shape index (κ3) is 4.12. The Kier molecular flexibility index (Phi) is 5.86. The van der Waals surface area contributed by atoms with Crippen LogP contribution in [0.3, 0.4) is 0 Å². The van der Waals surface area contributed by atoms with Crippen LogP contribution < -0.4 is 0 Å². The number of halogens is 3. The van der Waals surface area contributed by atoms with Crippen LogP contribution >= 0.6 is 23.2 Å². The monoisotopic (exact) mass is 482 g/mol. The van der Waals surface area contributed by atoms with Crippen molar-refractivity contribution in [2.75, 3.05) is 6.54 Å². The normalized spacial score (nSPS) is 20.1. The number of H-pyrrole nitrogens is 1. The van der Waals surface area contributed by atoms with Crippen molar-refractivity contribution in [3.8, 4) is 17.2 Å². The van der Waals surface area contributed by atoms with Crippen LogP contribution in [-0.4, -0.2) is 33.6 Å². The average molecular weight is 483 g/mol. The first-order valence-electron chi connectivity index (χ1n) is 10.9. The van der Waals surface area contributed by atoms with E-state index in [1.165, 1.54) is 23.4 Å². The molecule has 1 N–H and O–H groups in total. The summed E-state index contributed by atoms with van der Waals surface area (Å²) < 4.78 is 13.7. The summed E-state index contributed by atoms with van der Waals surface area (Å²) in [5.41, 5.74) is 4.43. The maximum absolute atomic E-state index is 13.7. The highest BCUT2D eigenvalue weighted by atomic mass is 35.5. The Bertz CT molecular complexity index is 1260. The lowest BCUT2D eigenvalue weighted by Crippen LogP contribution is -2.41. The molecule has 0 bridgehead atoms. The SMILES string of the molecule is N#Cc1cc(-c2cc(Cl)c(C[C@@H]3CCN(C4CCc5[nH]ncc5C4)C3=O)c(Cl)c2)ccc1F. The third-order valence-corrected chi connectivity index (χ3v) is 7.47. The van der Waals surface area contributed by atoms with Gasteiger partial charge in [0.05, 0.1) is 11.8 Å². The predicted octanol–water partition coefficient (Wildman–Crippen LogP) is 5.34. The van der Waals surface area contributed by atoms with E-state index in [4.69, 9.17) is 28.5 Å². The van der Waals surface area contributed by atoms with Crippen molar-refractivity contribution in [2.24, 2.45) is 5.92 Å². The Morgan fingerprint density at radius 2 is 1.97 bits per heavy atom. The van der Waals surface area contributed by atoms with Gasteiger partial charge in [-0.1, -0.05) is 29.3 Å². The number of rotatable bonds is 4. The van der Waals surface area contributed by atoms with Gasteiger partial charge in [0.2, 0.25) is 5.91 Å². The summed E-state index contributed by atoms with van der Waals surface area (Å²) in [6.45, 7) is 0.737. The second-order valence-corrected chi connectivity index (χ2v) is 9.53. The molecule has 3 aromatic rings. The number of aromatic amines is 1. The van der Waals surface area contributed by atoms with Crippen molar-refractivity contribution in [1.29, 1.82) is 5.26 Å². The van der Waals surface area contributed by atoms with Crippen molar-refractivity contribution >= 4 is 29.1 Å². The van der Waals surface area contributed by atoms with E-state index in [1.54, 1.807) is 18.2 Å². The van der Waals surface area contributed by atoms with Crippen LogP contribution in [0.4, 0.5) is 4.39 Å². The Morgan fingerprint density at radius 1 is 1.18 bits per heavy atom. The number of nitriles is 1. The number of hydrogen-bond donors (Lipinski definition) is 1. The fourth-order valence-corrected chi connectivity index (χ4v) is 5.62. The van der Waals surface area contributed by atoms with Gasteiger partial charge >= 0.3 is 0 Å². The number of nitrogens with zero attached hydrogens (tertiary/aromatic N) is 3. The smallest absolute Gasteiger partial charge is 0.226 e. The molecule has 1 saturated heterocycles. The van der Waals surface area contributed by atoms with Gasteiger partial charge in [0.25, 0.3) is 0 Å². The molecule has 1 fully saturated rings. The molecule has 1 aliphatic carbocycles. The molecule has 1 aliphatic heterocycles. The second-order valence-electron chi connectivity index (χ2n) is 8.72. The number of carbonyl (C=O) groups excluding carboxylic acids is 1. The summed E-state index contributed by atoms with van der Waals surface area (Å²) in [5.74, 6) is -0.575. The molecule has 2 atom stereocenters. The third-order valence-electron chi connectivity index (χ3n) is 6.79. The Hall–Kier alpha value is -2.88. The van der Waals surface area contributed by atoms with Crippen LogP contribution in [0.1, 0.15) is 35.2 Å². The van der Waals surface area contributed by atoms with Gasteiger partial charge < -0.3 is 4.90 Å². The number of aromatic nitrogens is 2. The average Bonchev–Trinajstić information content (AvgIpc) is 3.42. The van der Waals surface area contributed by atoms with Gasteiger partial charge in [-0.3, -0.25) is 9.89 Å². The lowest BCUT2D eigenvalue weighted by atomic mass is 9.92. The highest BCUT2D eigenvalue weighted by Crippen LogP contribution is 2.36. The van der Waals surface area contributed by atoms with Crippen molar-refractivity contribution in [2.45, 2.75) is 38.1 Å². The molecule has 2 aromatic carbocycles. The lowest BCUT2D eigenvalue weighted by Gasteiger charge is -2.31. The minimum absolute atomic E-state index is 0.0364. The second kappa shape index (κ2) is 8.81. The van der Waals surface area contributed by atoms with E-state index in [1.807, 2.05) is 17.2 Å². The quantitative estimate of drug-likeness (QED) is 0.545. The predicted molar refractivity (Wildman–Crippen MR) is 124 cm³/mol. The summed E-state index contributed by atoms with van der Waals surface area (Å²) in [4.78, 5) is 15.2. The molecule has 33 heavy (non-hydrogen) atoms. The van der Waals surface area contributed by atoms with Crippen molar-refractivity contribution < 1.29 is 9.18 Å². The molecular formula is C25H21Cl2FN4O. The van der Waals surface area contributed by atoms with Crippen molar-refractivity contribution in [3.05, 3.63) is 74.8 Å². The van der Waals surface area contributed by atoms with Gasteiger partial charge in [-0.05, 0) is 78.6 Å². The summed E-state index contributed by atoms with van der Waals surface area (Å²) in [6.07, 6.45) is 5.79. The largest absolute Gasteiger partial charge is 0.339 e. The van der Waals surface area contributed by atoms with Gasteiger partial charge in [0.15, 0.2) is 0 Å². The molecule has 0 saturated carbocycles. The first kappa shape index (κ1) is 21.9. The molecule has 1 amide bonds. The van der Waals surface area contributed by atoms with Gasteiger partial charge in [0, 0.05) is 34.2 Å². The molecular weight excluding hydrogens is 462 g/mol. The number of nitrogens with one attached hydrogen (secondary N) is 1. The van der Waals surface area contributed by atoms with E-state index in [2.05, 4.69) is 10.2 Å². The summed E-state index contributed by atoms with van der Waals surface area (Å²) in [5, 5.41) is 17.2. The topological polar surface area (TPSA) is 72.8 Å². The van der Waals surface area contributed by atoms with Crippen molar-refractivity contribution in [3.63, 3.8) is 0 Å². The molecule has 2 aliphatic rings. The fourth-order valence-electron chi connectivity index (χ4n) is 4.98. The highest BCUT2D eigenvalue weighted by molar-refractivity contribution is 6.36. The summed E-state index contributed by atoms with van der Waals surface area (Å²) in [6, 6.07) is 9.89. The van der Waals surface area contributed by atoms with E-state index in [0.29, 0.717) is 27.6 Å². The van der Waals surface area contributed by atoms with Crippen LogP contribution in [0.2, 0.25) is 10.0 Å². The number of likely N-dealkylation sites (tertiary alicyclic amines) is 1. The molecule has 5 rings (SSSR count). The molecule has 5 nitrogen and oxygen atoms in total. The molecule has 0 radical (unpaired) electrons. The van der Waals surface area contributed by atoms with Gasteiger partial charge in [-0.25, -0.2) is 4.39 Å². The molecule has 1 unspecified atom stereocenters. The van der Waals surface area contributed by atoms with E-state index in [9.17, 15) is 9.18 Å². The molecule has 2 heterocycles. The van der Waals surface area contributed by atoms with Crippen LogP contribution in [0, 0.1) is 23.1 Å². The lowest BCUT2D eigenvalue weighted by molar-refractivity contribution is -0.133. The summed E-state index contributed by atoms with van der Waals surface area (Å²) >= 11 is 13.2. The van der Waals surface area contributed by atoms with Crippen molar-refractivity contribution in [1.82, 2.24) is 15.1 Å². The number of benzene rings is 2. The Balaban J connectivity index is 1.33. The summed E-state index contributed by atoms with van der Waals surface area (Å²) in [7, 11) is 0. The highest BCUT2D eigenvalue weighted by Gasteiger charge is 2.37. The van der Waals surface area contributed by atoms with Gasteiger partial charge in [-0.2, -0.15) is 10.4 Å². The zero-order valence-electron chi connectivity index (χ0n) is 17.7. The molecule has 168 valence electrons. The number of aryl methyl sites for hydroxylation is 1. The van der Waals surface area contributed by atoms with E-state index in [0.717, 1.165) is 37.8 Å². The van der Waals surface area contributed by atoms with Crippen LogP contribution in [0.25, 0.3) is 11.1 Å². The minimum atomic E-state index is -0.568. The number of amides is 1. The first-order chi connectivity index (χ1) is 15.9. The van der Waals surface area contributed by atoms with Gasteiger partial charge in [0.1, 0.15) is 11.9 Å². The molecule has 1 aromatic heterocycles. The van der Waals surface area contributed by atoms with Gasteiger partial charge in [-0.15, -0.1) is 0 Å². The maximum Gasteiger partial charge on any atom is 0.226 e. The molecule has 8 heteroatoms. The van der Waals surface area contributed by atoms with E-state index in [-0.39, 0.29) is 23.4 Å². The van der Waals surface area contributed by atoms with Crippen LogP contribution in [-0.2, 0) is 24.1 Å². The number of carbonyl (C=O) groups is 1. The van der Waals surface area contributed by atoms with E-state index >= 15 is 0 Å². The zero-order valence-corrected chi connectivity index (χ0v) is 19.3. The number of fused-ring (bicyclic) bond motifs is 1. The standard InChI is InChI=1S/C25H21Cl2FN4O/c26-21-10-16(14-1-3-23(28)17(7-14)12-29)11-22(27)20(21)9-15-5-6-32(25(15)33)19-2-4-24-18(8-19)13-30-31-24/h1,3,7,10-11,13,15,19H,2,4-6,8-9H2,(H,30,31)/t15-,19?/m0/s1. The first-order valence-corrected chi connectivity index (χ1v) is 11.7. The zero-order chi connectivity index (χ0) is 23.1. The number of hydrogen-bond acceptors (Lipinski definition) is 3. The minimum Gasteiger partial charge on any atom is -0.339 e. The fraction of sp³-hybridized carbons (Fsp3) is 0.320. The van der Waals surface area contributed by atoms with E-state index < -0.39 is 5.82 Å². The Labute approximate surface area is 201 Å². The Morgan fingerprint density at radius 3 is 2.73 bits per heavy atom. The van der Waals surface area contributed by atoms with Crippen LogP contribution in [0.5, 0.6) is 0 Å². The van der Waals surface area contributed by atoms with Crippen LogP contribution in [0.15, 0.2) is 36.5 Å².